The molecular formula is C31H55N9. The topological polar surface area (TPSA) is 116 Å². The van der Waals surface area contributed by atoms with Gasteiger partial charge in [-0.05, 0) is 67.9 Å². The molecule has 0 radical (unpaired) electrons. The smallest absolute Gasteiger partial charge is 0.148 e. The zero-order chi connectivity index (χ0) is 30.8. The summed E-state index contributed by atoms with van der Waals surface area (Å²) in [4.78, 5) is 28.1. The van der Waals surface area contributed by atoms with Crippen LogP contribution in [0, 0.1) is 62.3 Å². The van der Waals surface area contributed by atoms with Crippen LogP contribution in [0.25, 0.3) is 0 Å². The molecule has 0 aromatic carbocycles. The van der Waals surface area contributed by atoms with E-state index >= 15 is 0 Å². The van der Waals surface area contributed by atoms with Crippen molar-refractivity contribution in [3.8, 4) is 0 Å². The van der Waals surface area contributed by atoms with Gasteiger partial charge in [0, 0.05) is 37.2 Å². The van der Waals surface area contributed by atoms with Crippen molar-refractivity contribution < 1.29 is 0 Å². The molecule has 4 rings (SSSR count). The highest BCUT2D eigenvalue weighted by Crippen LogP contribution is 1.95. The van der Waals surface area contributed by atoms with Crippen molar-refractivity contribution in [2.75, 3.05) is 0 Å². The third-order valence-electron chi connectivity index (χ3n) is 3.89. The fraction of sp³-hybridized carbons (Fsp3) is 0.516. The molecule has 9 nitrogen and oxygen atoms in total. The number of hydrogen-bond acceptors (Lipinski definition) is 9. The monoisotopic (exact) mass is 553 g/mol. The van der Waals surface area contributed by atoms with Crippen LogP contribution in [0.5, 0.6) is 0 Å². The number of rotatable bonds is 0. The maximum Gasteiger partial charge on any atom is 0.148 e. The molecule has 0 aliphatic heterocycles. The van der Waals surface area contributed by atoms with E-state index < -0.39 is 0 Å². The first kappa shape index (κ1) is 43.3. The van der Waals surface area contributed by atoms with Crippen LogP contribution in [0.1, 0.15) is 100 Å². The zero-order valence-corrected chi connectivity index (χ0v) is 27.0. The molecule has 224 valence electrons. The first-order valence-electron chi connectivity index (χ1n) is 13.5. The second-order valence-electron chi connectivity index (χ2n) is 7.44. The van der Waals surface area contributed by atoms with Crippen LogP contribution >= 0.6 is 0 Å². The van der Waals surface area contributed by atoms with E-state index in [9.17, 15) is 0 Å². The van der Waals surface area contributed by atoms with Gasteiger partial charge in [-0.15, -0.1) is 5.10 Å². The maximum absolute atomic E-state index is 4.11. The lowest BCUT2D eigenvalue weighted by Gasteiger charge is -1.94. The van der Waals surface area contributed by atoms with Crippen molar-refractivity contribution in [2.45, 2.75) is 111 Å². The lowest BCUT2D eigenvalue weighted by atomic mass is 10.4. The summed E-state index contributed by atoms with van der Waals surface area (Å²) >= 11 is 0. The van der Waals surface area contributed by atoms with Crippen LogP contribution in [0.4, 0.5) is 0 Å². The van der Waals surface area contributed by atoms with Gasteiger partial charge in [-0.2, -0.15) is 5.10 Å². The second kappa shape index (κ2) is 28.3. The van der Waals surface area contributed by atoms with Gasteiger partial charge >= 0.3 is 0 Å². The molecule has 0 amide bonds. The van der Waals surface area contributed by atoms with Gasteiger partial charge in [-0.1, -0.05) is 49.0 Å². The Morgan fingerprint density at radius 1 is 0.400 bits per heavy atom. The van der Waals surface area contributed by atoms with Gasteiger partial charge in [0.05, 0.1) is 34.2 Å². The Labute approximate surface area is 244 Å². The van der Waals surface area contributed by atoms with Gasteiger partial charge in [0.25, 0.3) is 0 Å². The van der Waals surface area contributed by atoms with Crippen LogP contribution < -0.4 is 0 Å². The molecule has 40 heavy (non-hydrogen) atoms. The molecule has 9 heteroatoms. The lowest BCUT2D eigenvalue weighted by molar-refractivity contribution is 0.848. The summed E-state index contributed by atoms with van der Waals surface area (Å²) in [6, 6.07) is 0. The van der Waals surface area contributed by atoms with E-state index in [1.54, 1.807) is 24.8 Å². The second-order valence-corrected chi connectivity index (χ2v) is 7.44. The zero-order valence-electron chi connectivity index (χ0n) is 27.0. The Balaban J connectivity index is -0.000000201. The van der Waals surface area contributed by atoms with Gasteiger partial charge < -0.3 is 0 Å². The molecule has 0 aliphatic rings. The highest BCUT2D eigenvalue weighted by atomic mass is 15.1. The van der Waals surface area contributed by atoms with Crippen molar-refractivity contribution in [2.24, 2.45) is 0 Å². The van der Waals surface area contributed by atoms with Crippen LogP contribution in [0.15, 0.2) is 37.2 Å². The molecule has 0 spiro atoms. The molecule has 0 saturated carbocycles. The molecule has 4 heterocycles. The standard InChI is InChI=1S/C6H9N3.3C6H8N2.3C2H6.CH4/c1-4-5(2)8-9-6(3)7-4;1-5-3-8-6(2)4-7-5;1-5-3-7-4-6(2)8-5;1-5-3-7-6(2)8-4-5;3*1-2;/h1-3H3;3*3-4H,1-2H3;3*1-2H3;1H4. The van der Waals surface area contributed by atoms with E-state index in [4.69, 9.17) is 0 Å². The summed E-state index contributed by atoms with van der Waals surface area (Å²) in [5, 5.41) is 7.64. The predicted molar refractivity (Wildman–Crippen MR) is 169 cm³/mol. The fourth-order valence-electron chi connectivity index (χ4n) is 2.07. The van der Waals surface area contributed by atoms with Crippen LogP contribution in [0.3, 0.4) is 0 Å². The van der Waals surface area contributed by atoms with E-state index in [0.29, 0.717) is 0 Å². The van der Waals surface area contributed by atoms with E-state index in [1.165, 1.54) is 0 Å². The Kier molecular flexibility index (Phi) is 30.6. The Morgan fingerprint density at radius 2 is 0.825 bits per heavy atom. The summed E-state index contributed by atoms with van der Waals surface area (Å²) in [6.07, 6.45) is 10.6. The molecule has 0 saturated heterocycles. The molecule has 0 fully saturated rings. The fourth-order valence-corrected chi connectivity index (χ4v) is 2.07. The summed E-state index contributed by atoms with van der Waals surface area (Å²) in [5.74, 6) is 1.56. The van der Waals surface area contributed by atoms with E-state index in [2.05, 4.69) is 45.1 Å². The number of nitrogens with zero attached hydrogens (tertiary/aromatic N) is 9. The third-order valence-corrected chi connectivity index (χ3v) is 3.89. The molecule has 4 aromatic rings. The minimum Gasteiger partial charge on any atom is -0.261 e. The Hall–Kier alpha value is -3.75. The normalized spacial score (nSPS) is 8.18. The molecule has 0 aliphatic carbocycles. The van der Waals surface area contributed by atoms with Crippen molar-refractivity contribution in [3.63, 3.8) is 0 Å². The van der Waals surface area contributed by atoms with E-state index in [1.807, 2.05) is 116 Å². The van der Waals surface area contributed by atoms with Crippen LogP contribution in [0.2, 0.25) is 0 Å². The molecule has 0 atom stereocenters. The highest BCUT2D eigenvalue weighted by Gasteiger charge is 1.94. The molecule has 0 N–H and O–H groups in total. The number of aryl methyl sites for hydroxylation is 9. The Morgan fingerprint density at radius 3 is 1.10 bits per heavy atom. The summed E-state index contributed by atoms with van der Waals surface area (Å²) in [5.41, 5.74) is 6.86. The molecule has 0 bridgehead atoms. The molecule has 0 unspecified atom stereocenters. The van der Waals surface area contributed by atoms with Gasteiger partial charge in [-0.25, -0.2) is 15.0 Å². The quantitative estimate of drug-likeness (QED) is 0.215. The van der Waals surface area contributed by atoms with E-state index in [0.717, 1.165) is 51.4 Å². The van der Waals surface area contributed by atoms with Gasteiger partial charge in [0.2, 0.25) is 0 Å². The van der Waals surface area contributed by atoms with E-state index in [-0.39, 0.29) is 7.43 Å². The highest BCUT2D eigenvalue weighted by molar-refractivity contribution is 5.04. The van der Waals surface area contributed by atoms with Crippen LogP contribution in [-0.2, 0) is 0 Å². The average Bonchev–Trinajstić information content (AvgIpc) is 2.94. The first-order valence-corrected chi connectivity index (χ1v) is 13.5. The minimum atomic E-state index is 0. The Bertz CT molecular complexity index is 996. The molecular weight excluding hydrogens is 498 g/mol. The van der Waals surface area contributed by atoms with Crippen molar-refractivity contribution >= 4 is 0 Å². The third kappa shape index (κ3) is 24.6. The lowest BCUT2D eigenvalue weighted by Crippen LogP contribution is -1.97. The minimum absolute atomic E-state index is 0. The molecule has 4 aromatic heterocycles. The number of hydrogen-bond donors (Lipinski definition) is 0. The summed E-state index contributed by atoms with van der Waals surface area (Å²) in [6.45, 7) is 29.2. The van der Waals surface area contributed by atoms with Crippen molar-refractivity contribution in [1.82, 2.24) is 45.1 Å². The SMILES string of the molecule is C.CC.CC.CC.Cc1cnc(C)cn1.Cc1cnc(C)nc1.Cc1cncc(C)n1.Cc1nnc(C)c(C)n1. The summed E-state index contributed by atoms with van der Waals surface area (Å²) in [7, 11) is 0. The number of aromatic nitrogens is 9. The van der Waals surface area contributed by atoms with Crippen molar-refractivity contribution in [1.29, 1.82) is 0 Å². The van der Waals surface area contributed by atoms with Crippen LogP contribution in [-0.4, -0.2) is 45.1 Å². The summed E-state index contributed by atoms with van der Waals surface area (Å²) < 4.78 is 0. The maximum atomic E-state index is 4.11. The van der Waals surface area contributed by atoms with Gasteiger partial charge in [-0.3, -0.25) is 19.9 Å². The predicted octanol–water partition coefficient (Wildman–Crippen LogP) is 7.79. The largest absolute Gasteiger partial charge is 0.261 e. The first-order chi connectivity index (χ1) is 18.6. The van der Waals surface area contributed by atoms with Gasteiger partial charge in [0.15, 0.2) is 0 Å². The van der Waals surface area contributed by atoms with Crippen molar-refractivity contribution in [3.05, 3.63) is 88.6 Å². The average molecular weight is 554 g/mol. The van der Waals surface area contributed by atoms with Gasteiger partial charge in [0.1, 0.15) is 11.6 Å².